The highest BCUT2D eigenvalue weighted by atomic mass is 35.5. The van der Waals surface area contributed by atoms with Crippen molar-refractivity contribution in [2.75, 3.05) is 16.6 Å². The molecule has 174 valence electrons. The molecule has 1 heterocycles. The molecule has 0 bridgehead atoms. The van der Waals surface area contributed by atoms with Crippen molar-refractivity contribution in [3.8, 4) is 5.75 Å². The minimum Gasteiger partial charge on any atom is -0.490 e. The van der Waals surface area contributed by atoms with Crippen molar-refractivity contribution < 1.29 is 17.9 Å². The van der Waals surface area contributed by atoms with Crippen molar-refractivity contribution >= 4 is 50.8 Å². The Bertz CT molecular complexity index is 1230. The Balaban J connectivity index is 1.70. The van der Waals surface area contributed by atoms with Gasteiger partial charge < -0.3 is 10.1 Å². The number of nitrogens with one attached hydrogen (secondary N) is 2. The average Bonchev–Trinajstić information content (AvgIpc) is 2.75. The summed E-state index contributed by atoms with van der Waals surface area (Å²) >= 11 is 12.5. The molecule has 3 aromatic rings. The van der Waals surface area contributed by atoms with Crippen LogP contribution in [0.25, 0.3) is 0 Å². The van der Waals surface area contributed by atoms with Gasteiger partial charge in [-0.15, -0.1) is 0 Å². The normalized spacial score (nSPS) is 11.2. The van der Waals surface area contributed by atoms with Crippen LogP contribution in [0, 0.1) is 6.92 Å². The number of halogens is 2. The summed E-state index contributed by atoms with van der Waals surface area (Å²) in [4.78, 5) is 20.5. The van der Waals surface area contributed by atoms with Gasteiger partial charge in [-0.1, -0.05) is 36.5 Å². The van der Waals surface area contributed by atoms with Crippen molar-refractivity contribution in [3.05, 3.63) is 70.0 Å². The number of sulfonamides is 1. The Kier molecular flexibility index (Phi) is 8.12. The number of carbonyl (C=O) groups excluding carboxylic acids is 1. The number of benzene rings is 2. The summed E-state index contributed by atoms with van der Waals surface area (Å²) in [5.41, 5.74) is 1.26. The number of hydrogen-bond acceptors (Lipinski definition) is 6. The van der Waals surface area contributed by atoms with Crippen molar-refractivity contribution in [3.63, 3.8) is 0 Å². The van der Waals surface area contributed by atoms with Gasteiger partial charge in [0.25, 0.3) is 15.9 Å². The van der Waals surface area contributed by atoms with E-state index >= 15 is 0 Å². The molecule has 0 unspecified atom stereocenters. The summed E-state index contributed by atoms with van der Waals surface area (Å²) in [6.07, 6.45) is 3.28. The van der Waals surface area contributed by atoms with E-state index in [4.69, 9.17) is 27.9 Å². The van der Waals surface area contributed by atoms with E-state index in [0.29, 0.717) is 23.7 Å². The molecule has 11 heteroatoms. The minimum absolute atomic E-state index is 0.00900. The number of aromatic nitrogens is 2. The third-order valence-electron chi connectivity index (χ3n) is 4.45. The Morgan fingerprint density at radius 1 is 1.09 bits per heavy atom. The molecule has 0 fully saturated rings. The zero-order chi connectivity index (χ0) is 24.0. The van der Waals surface area contributed by atoms with Crippen LogP contribution in [0.3, 0.4) is 0 Å². The van der Waals surface area contributed by atoms with Crippen LogP contribution in [0.1, 0.15) is 35.8 Å². The Hall–Kier alpha value is -2.88. The second kappa shape index (κ2) is 10.8. The molecule has 0 spiro atoms. The highest BCUT2D eigenvalue weighted by molar-refractivity contribution is 7.92. The molecule has 0 saturated carbocycles. The molecule has 0 radical (unpaired) electrons. The molecule has 0 atom stereocenters. The van der Waals surface area contributed by atoms with Gasteiger partial charge in [0, 0.05) is 23.1 Å². The second-order valence-electron chi connectivity index (χ2n) is 7.08. The summed E-state index contributed by atoms with van der Waals surface area (Å²) in [5, 5.41) is 3.15. The van der Waals surface area contributed by atoms with Gasteiger partial charge in [0.15, 0.2) is 5.75 Å². The van der Waals surface area contributed by atoms with Crippen LogP contribution < -0.4 is 14.8 Å². The molecule has 33 heavy (non-hydrogen) atoms. The minimum atomic E-state index is -3.89. The lowest BCUT2D eigenvalue weighted by Crippen LogP contribution is -2.16. The van der Waals surface area contributed by atoms with Gasteiger partial charge in [0.1, 0.15) is 0 Å². The van der Waals surface area contributed by atoms with Gasteiger partial charge in [-0.25, -0.2) is 23.1 Å². The highest BCUT2D eigenvalue weighted by Crippen LogP contribution is 2.34. The lowest BCUT2D eigenvalue weighted by atomic mass is 10.2. The molecule has 0 aliphatic carbocycles. The number of rotatable bonds is 9. The topological polar surface area (TPSA) is 110 Å². The smallest absolute Gasteiger partial charge is 0.264 e. The molecule has 0 aliphatic heterocycles. The van der Waals surface area contributed by atoms with Gasteiger partial charge in [-0.2, -0.15) is 0 Å². The third-order valence-corrected chi connectivity index (χ3v) is 6.35. The van der Waals surface area contributed by atoms with E-state index in [1.807, 2.05) is 6.92 Å². The number of hydrogen-bond donors (Lipinski definition) is 2. The number of anilines is 2. The molecular formula is C22H22Cl2N4O4S. The average molecular weight is 509 g/mol. The van der Waals surface area contributed by atoms with Crippen LogP contribution in [0.4, 0.5) is 11.6 Å². The van der Waals surface area contributed by atoms with Crippen LogP contribution in [-0.4, -0.2) is 30.9 Å². The summed E-state index contributed by atoms with van der Waals surface area (Å²) in [5.74, 6) is -0.146. The first-order valence-corrected chi connectivity index (χ1v) is 12.3. The van der Waals surface area contributed by atoms with Crippen molar-refractivity contribution in [1.82, 2.24) is 9.97 Å². The zero-order valence-electron chi connectivity index (χ0n) is 17.9. The maximum absolute atomic E-state index is 12.6. The summed E-state index contributed by atoms with van der Waals surface area (Å²) in [6, 6.07) is 10.2. The van der Waals surface area contributed by atoms with Gasteiger partial charge in [-0.05, 0) is 55.8 Å². The number of ether oxygens (including phenoxy) is 1. The molecule has 1 amide bonds. The molecule has 1 aromatic heterocycles. The van der Waals surface area contributed by atoms with E-state index in [9.17, 15) is 13.2 Å². The van der Waals surface area contributed by atoms with E-state index in [0.717, 1.165) is 12.8 Å². The van der Waals surface area contributed by atoms with Gasteiger partial charge >= 0.3 is 0 Å². The Labute approximate surface area is 202 Å². The van der Waals surface area contributed by atoms with Crippen LogP contribution in [0.2, 0.25) is 10.0 Å². The monoisotopic (exact) mass is 508 g/mol. The largest absolute Gasteiger partial charge is 0.490 e. The SMILES string of the molecule is CCCCOc1c(Cl)cc(C(=O)Nc2ccc(S(=O)(=O)Nc3nccc(C)n3)cc2)cc1Cl. The van der Waals surface area contributed by atoms with Gasteiger partial charge in [-0.3, -0.25) is 4.79 Å². The fraction of sp³-hybridized carbons (Fsp3) is 0.227. The van der Waals surface area contributed by atoms with Crippen LogP contribution in [0.5, 0.6) is 5.75 Å². The Morgan fingerprint density at radius 3 is 2.36 bits per heavy atom. The van der Waals surface area contributed by atoms with Crippen LogP contribution in [0.15, 0.2) is 53.6 Å². The van der Waals surface area contributed by atoms with E-state index in [1.54, 1.807) is 13.0 Å². The molecular weight excluding hydrogens is 487 g/mol. The predicted octanol–water partition coefficient (Wildman–Crippen LogP) is 5.32. The lowest BCUT2D eigenvalue weighted by Gasteiger charge is -2.12. The molecule has 2 aromatic carbocycles. The van der Waals surface area contributed by atoms with E-state index in [-0.39, 0.29) is 26.5 Å². The third kappa shape index (κ3) is 6.56. The van der Waals surface area contributed by atoms with Crippen molar-refractivity contribution in [1.29, 1.82) is 0 Å². The van der Waals surface area contributed by atoms with E-state index < -0.39 is 15.9 Å². The highest BCUT2D eigenvalue weighted by Gasteiger charge is 2.17. The summed E-state index contributed by atoms with van der Waals surface area (Å²) < 4.78 is 33.0. The first-order valence-electron chi connectivity index (χ1n) is 10.1. The summed E-state index contributed by atoms with van der Waals surface area (Å²) in [6.45, 7) is 4.24. The molecule has 2 N–H and O–H groups in total. The van der Waals surface area contributed by atoms with Crippen LogP contribution in [-0.2, 0) is 10.0 Å². The number of carbonyl (C=O) groups is 1. The van der Waals surface area contributed by atoms with Gasteiger partial charge in [0.2, 0.25) is 5.95 Å². The molecule has 8 nitrogen and oxygen atoms in total. The van der Waals surface area contributed by atoms with E-state index in [1.165, 1.54) is 42.6 Å². The van der Waals surface area contributed by atoms with Crippen LogP contribution >= 0.6 is 23.2 Å². The maximum Gasteiger partial charge on any atom is 0.264 e. The maximum atomic E-state index is 12.6. The van der Waals surface area contributed by atoms with E-state index in [2.05, 4.69) is 20.0 Å². The number of nitrogens with zero attached hydrogens (tertiary/aromatic N) is 2. The van der Waals surface area contributed by atoms with Crippen molar-refractivity contribution in [2.45, 2.75) is 31.6 Å². The van der Waals surface area contributed by atoms with Crippen molar-refractivity contribution in [2.24, 2.45) is 0 Å². The second-order valence-corrected chi connectivity index (χ2v) is 9.57. The quantitative estimate of drug-likeness (QED) is 0.378. The first kappa shape index (κ1) is 24.8. The molecule has 0 saturated heterocycles. The Morgan fingerprint density at radius 2 is 1.76 bits per heavy atom. The molecule has 0 aliphatic rings. The number of amides is 1. The number of unbranched alkanes of at least 4 members (excludes halogenated alkanes) is 1. The zero-order valence-corrected chi connectivity index (χ0v) is 20.3. The number of aryl methyl sites for hydroxylation is 1. The summed E-state index contributed by atoms with van der Waals surface area (Å²) in [7, 11) is -3.89. The van der Waals surface area contributed by atoms with Gasteiger partial charge in [0.05, 0.1) is 21.5 Å². The lowest BCUT2D eigenvalue weighted by molar-refractivity contribution is 0.102. The fourth-order valence-electron chi connectivity index (χ4n) is 2.75. The predicted molar refractivity (Wildman–Crippen MR) is 129 cm³/mol. The first-order chi connectivity index (χ1) is 15.7. The molecule has 3 rings (SSSR count). The standard InChI is InChI=1S/C22H22Cl2N4O4S/c1-3-4-11-32-20-18(23)12-15(13-19(20)24)21(29)27-16-5-7-17(8-6-16)33(30,31)28-22-25-10-9-14(2)26-22/h5-10,12-13H,3-4,11H2,1-2H3,(H,27,29)(H,25,26,28). The fourth-order valence-corrected chi connectivity index (χ4v) is 4.29.